The van der Waals surface area contributed by atoms with Crippen LogP contribution in [0.15, 0.2) is 24.3 Å². The van der Waals surface area contributed by atoms with Crippen LogP contribution in [0.5, 0.6) is 5.75 Å². The summed E-state index contributed by atoms with van der Waals surface area (Å²) in [4.78, 5) is 26.2. The minimum absolute atomic E-state index is 0.155. The van der Waals surface area contributed by atoms with Gasteiger partial charge in [0.15, 0.2) is 6.10 Å². The van der Waals surface area contributed by atoms with Crippen LogP contribution < -0.4 is 15.0 Å². The number of nitriles is 1. The normalized spacial score (nSPS) is 21.6. The molecule has 1 fully saturated rings. The van der Waals surface area contributed by atoms with Crippen LogP contribution in [-0.4, -0.2) is 30.0 Å². The smallest absolute Gasteiger partial charge is 0.267 e. The summed E-state index contributed by atoms with van der Waals surface area (Å²) >= 11 is 0. The van der Waals surface area contributed by atoms with E-state index >= 15 is 0 Å². The molecule has 2 aliphatic rings. The Bertz CT molecular complexity index is 689. The second kappa shape index (κ2) is 6.52. The molecule has 0 spiro atoms. The molecule has 0 aromatic heterocycles. The molecule has 24 heavy (non-hydrogen) atoms. The van der Waals surface area contributed by atoms with Gasteiger partial charge < -0.3 is 15.0 Å². The van der Waals surface area contributed by atoms with Crippen molar-refractivity contribution in [1.29, 1.82) is 5.26 Å². The highest BCUT2D eigenvalue weighted by molar-refractivity contribution is 6.00. The van der Waals surface area contributed by atoms with Gasteiger partial charge in [-0.1, -0.05) is 12.1 Å². The van der Waals surface area contributed by atoms with E-state index in [0.29, 0.717) is 24.3 Å². The number of carbonyl (C=O) groups is 2. The van der Waals surface area contributed by atoms with Crippen molar-refractivity contribution in [3.8, 4) is 11.8 Å². The molecule has 1 aliphatic heterocycles. The van der Waals surface area contributed by atoms with Crippen LogP contribution in [0.25, 0.3) is 0 Å². The van der Waals surface area contributed by atoms with E-state index in [-0.39, 0.29) is 24.8 Å². The summed E-state index contributed by atoms with van der Waals surface area (Å²) in [5, 5.41) is 12.2. The second-order valence-electron chi connectivity index (χ2n) is 6.42. The summed E-state index contributed by atoms with van der Waals surface area (Å²) in [6.07, 6.45) is 2.91. The molecule has 1 N–H and O–H groups in total. The van der Waals surface area contributed by atoms with E-state index in [9.17, 15) is 14.9 Å². The molecule has 0 radical (unpaired) electrons. The third kappa shape index (κ3) is 3.07. The van der Waals surface area contributed by atoms with Crippen molar-refractivity contribution in [3.05, 3.63) is 24.3 Å². The molecule has 1 atom stereocenters. The molecule has 1 saturated carbocycles. The third-order valence-corrected chi connectivity index (χ3v) is 4.69. The van der Waals surface area contributed by atoms with Crippen molar-refractivity contribution in [2.75, 3.05) is 11.4 Å². The summed E-state index contributed by atoms with van der Waals surface area (Å²) in [7, 11) is 0. The SMILES string of the molecule is CC1Oc2ccccc2N(CCC(=O)NC2(C#N)CCCC2)C1=O. The fraction of sp³-hybridized carbons (Fsp3) is 0.500. The summed E-state index contributed by atoms with van der Waals surface area (Å²) in [5.74, 6) is 0.300. The first-order valence-corrected chi connectivity index (χ1v) is 8.34. The van der Waals surface area contributed by atoms with Crippen LogP contribution in [0.1, 0.15) is 39.0 Å². The standard InChI is InChI=1S/C18H21N3O3/c1-13-17(23)21(14-6-2-3-7-15(14)24-13)11-8-16(22)20-18(12-19)9-4-5-10-18/h2-3,6-7,13H,4-5,8-11H2,1H3,(H,20,22). The molecule has 1 aromatic rings. The molecule has 3 rings (SSSR count). The Balaban J connectivity index is 1.66. The number of fused-ring (bicyclic) bond motifs is 1. The van der Waals surface area contributed by atoms with Gasteiger partial charge in [-0.05, 0) is 44.7 Å². The van der Waals surface area contributed by atoms with Crippen molar-refractivity contribution >= 4 is 17.5 Å². The fourth-order valence-corrected chi connectivity index (χ4v) is 3.38. The van der Waals surface area contributed by atoms with Gasteiger partial charge in [-0.2, -0.15) is 5.26 Å². The van der Waals surface area contributed by atoms with Gasteiger partial charge in [0, 0.05) is 13.0 Å². The van der Waals surface area contributed by atoms with Crippen molar-refractivity contribution in [2.24, 2.45) is 0 Å². The summed E-state index contributed by atoms with van der Waals surface area (Å²) < 4.78 is 5.59. The maximum Gasteiger partial charge on any atom is 0.267 e. The molecule has 1 aliphatic carbocycles. The van der Waals surface area contributed by atoms with Gasteiger partial charge in [0.1, 0.15) is 11.3 Å². The van der Waals surface area contributed by atoms with Crippen molar-refractivity contribution < 1.29 is 14.3 Å². The molecule has 126 valence electrons. The lowest BCUT2D eigenvalue weighted by Gasteiger charge is -2.33. The van der Waals surface area contributed by atoms with E-state index in [1.807, 2.05) is 24.3 Å². The average Bonchev–Trinajstić information content (AvgIpc) is 3.04. The molecule has 1 heterocycles. The Morgan fingerprint density at radius 2 is 2.12 bits per heavy atom. The van der Waals surface area contributed by atoms with Crippen molar-refractivity contribution in [1.82, 2.24) is 5.32 Å². The molecule has 6 heteroatoms. The molecular formula is C18H21N3O3. The van der Waals surface area contributed by atoms with Gasteiger partial charge in [0.05, 0.1) is 11.8 Å². The van der Waals surface area contributed by atoms with Crippen LogP contribution in [0.2, 0.25) is 0 Å². The number of hydrogen-bond donors (Lipinski definition) is 1. The number of rotatable bonds is 4. The predicted octanol–water partition coefficient (Wildman–Crippen LogP) is 2.14. The van der Waals surface area contributed by atoms with Crippen LogP contribution in [-0.2, 0) is 9.59 Å². The van der Waals surface area contributed by atoms with Gasteiger partial charge in [-0.15, -0.1) is 0 Å². The highest BCUT2D eigenvalue weighted by atomic mass is 16.5. The number of ether oxygens (including phenoxy) is 1. The zero-order valence-corrected chi connectivity index (χ0v) is 13.7. The number of carbonyl (C=O) groups excluding carboxylic acids is 2. The number of anilines is 1. The van der Waals surface area contributed by atoms with Crippen LogP contribution in [0.3, 0.4) is 0 Å². The van der Waals surface area contributed by atoms with E-state index < -0.39 is 11.6 Å². The lowest BCUT2D eigenvalue weighted by molar-refractivity contribution is -0.125. The van der Waals surface area contributed by atoms with Gasteiger partial charge in [0.25, 0.3) is 5.91 Å². The number of amides is 2. The molecule has 2 amide bonds. The van der Waals surface area contributed by atoms with Gasteiger partial charge in [-0.3, -0.25) is 9.59 Å². The number of nitrogens with zero attached hydrogens (tertiary/aromatic N) is 2. The Morgan fingerprint density at radius 1 is 1.42 bits per heavy atom. The largest absolute Gasteiger partial charge is 0.479 e. The predicted molar refractivity (Wildman–Crippen MR) is 88.5 cm³/mol. The molecule has 1 unspecified atom stereocenters. The van der Waals surface area contributed by atoms with E-state index in [1.165, 1.54) is 0 Å². The lowest BCUT2D eigenvalue weighted by atomic mass is 9.99. The molecular weight excluding hydrogens is 306 g/mol. The number of benzene rings is 1. The first-order chi connectivity index (χ1) is 11.5. The number of para-hydroxylation sites is 2. The summed E-state index contributed by atoms with van der Waals surface area (Å²) in [6, 6.07) is 9.55. The zero-order chi connectivity index (χ0) is 17.2. The minimum atomic E-state index is -0.725. The Kier molecular flexibility index (Phi) is 4.43. The number of nitrogens with one attached hydrogen (secondary N) is 1. The topological polar surface area (TPSA) is 82.4 Å². The fourth-order valence-electron chi connectivity index (χ4n) is 3.38. The zero-order valence-electron chi connectivity index (χ0n) is 13.7. The van der Waals surface area contributed by atoms with Crippen molar-refractivity contribution in [3.63, 3.8) is 0 Å². The molecule has 1 aromatic carbocycles. The van der Waals surface area contributed by atoms with Gasteiger partial charge in [0.2, 0.25) is 5.91 Å². The highest BCUT2D eigenvalue weighted by Gasteiger charge is 2.36. The van der Waals surface area contributed by atoms with E-state index in [2.05, 4.69) is 11.4 Å². The third-order valence-electron chi connectivity index (χ3n) is 4.69. The molecule has 0 bridgehead atoms. The molecule has 0 saturated heterocycles. The molecule has 6 nitrogen and oxygen atoms in total. The van der Waals surface area contributed by atoms with Crippen LogP contribution in [0, 0.1) is 11.3 Å². The number of hydrogen-bond acceptors (Lipinski definition) is 4. The monoisotopic (exact) mass is 327 g/mol. The first-order valence-electron chi connectivity index (χ1n) is 8.34. The average molecular weight is 327 g/mol. The van der Waals surface area contributed by atoms with Gasteiger partial charge in [-0.25, -0.2) is 0 Å². The minimum Gasteiger partial charge on any atom is -0.479 e. The van der Waals surface area contributed by atoms with Crippen LogP contribution >= 0.6 is 0 Å². The lowest BCUT2D eigenvalue weighted by Crippen LogP contribution is -2.48. The maximum atomic E-state index is 12.4. The van der Waals surface area contributed by atoms with E-state index in [1.54, 1.807) is 11.8 Å². The first kappa shape index (κ1) is 16.3. The summed E-state index contributed by atoms with van der Waals surface area (Å²) in [5.41, 5.74) is -0.0404. The van der Waals surface area contributed by atoms with Crippen molar-refractivity contribution in [2.45, 2.75) is 50.7 Å². The quantitative estimate of drug-likeness (QED) is 0.918. The van der Waals surface area contributed by atoms with E-state index in [4.69, 9.17) is 4.74 Å². The Labute approximate surface area is 141 Å². The Morgan fingerprint density at radius 3 is 2.83 bits per heavy atom. The van der Waals surface area contributed by atoms with Gasteiger partial charge >= 0.3 is 0 Å². The summed E-state index contributed by atoms with van der Waals surface area (Å²) in [6.45, 7) is 1.98. The second-order valence-corrected chi connectivity index (χ2v) is 6.42. The maximum absolute atomic E-state index is 12.4. The van der Waals surface area contributed by atoms with E-state index in [0.717, 1.165) is 12.8 Å². The Hall–Kier alpha value is -2.55. The highest BCUT2D eigenvalue weighted by Crippen LogP contribution is 2.34. The van der Waals surface area contributed by atoms with Crippen LogP contribution in [0.4, 0.5) is 5.69 Å².